The summed E-state index contributed by atoms with van der Waals surface area (Å²) in [6.45, 7) is 10.2. The standard InChI is InChI=1S/C24H31NO3S/c1-5-9-23(29(27)21-14-12-19(4)13-15-21)22(16-18(2)3)25-24(26)28-17-20-10-7-6-8-11-20/h5-8,10-15,18,22-23H,1,9,16-17H2,2-4H3,(H,25,26)/t22-,23+,29?/m0/s1. The van der Waals surface area contributed by atoms with Gasteiger partial charge >= 0.3 is 6.09 Å². The van der Waals surface area contributed by atoms with Crippen LogP contribution in [0.3, 0.4) is 0 Å². The minimum Gasteiger partial charge on any atom is -0.445 e. The third kappa shape index (κ3) is 7.50. The Bertz CT molecular complexity index is 803. The van der Waals surface area contributed by atoms with Crippen molar-refractivity contribution in [2.24, 2.45) is 5.92 Å². The van der Waals surface area contributed by atoms with Gasteiger partial charge in [-0.2, -0.15) is 0 Å². The smallest absolute Gasteiger partial charge is 0.407 e. The predicted molar refractivity (Wildman–Crippen MR) is 119 cm³/mol. The lowest BCUT2D eigenvalue weighted by Gasteiger charge is -2.28. The van der Waals surface area contributed by atoms with E-state index in [2.05, 4.69) is 25.7 Å². The third-order valence-corrected chi connectivity index (χ3v) is 6.43. The van der Waals surface area contributed by atoms with E-state index in [0.717, 1.165) is 16.0 Å². The van der Waals surface area contributed by atoms with E-state index in [4.69, 9.17) is 4.74 Å². The van der Waals surface area contributed by atoms with Gasteiger partial charge in [-0.15, -0.1) is 6.58 Å². The van der Waals surface area contributed by atoms with Crippen LogP contribution in [0.5, 0.6) is 0 Å². The van der Waals surface area contributed by atoms with Crippen molar-refractivity contribution in [3.05, 3.63) is 78.4 Å². The van der Waals surface area contributed by atoms with Crippen molar-refractivity contribution in [1.82, 2.24) is 5.32 Å². The predicted octanol–water partition coefficient (Wildman–Crippen LogP) is 5.39. The Labute approximate surface area is 176 Å². The van der Waals surface area contributed by atoms with Gasteiger partial charge in [0, 0.05) is 10.9 Å². The van der Waals surface area contributed by atoms with Gasteiger partial charge in [-0.05, 0) is 43.4 Å². The summed E-state index contributed by atoms with van der Waals surface area (Å²) >= 11 is 0. The molecule has 1 amide bonds. The van der Waals surface area contributed by atoms with Gasteiger partial charge in [0.1, 0.15) is 6.61 Å². The van der Waals surface area contributed by atoms with E-state index in [1.54, 1.807) is 6.08 Å². The molecule has 1 N–H and O–H groups in total. The summed E-state index contributed by atoms with van der Waals surface area (Å²) in [5, 5.41) is 2.69. The van der Waals surface area contributed by atoms with Crippen LogP contribution in [-0.2, 0) is 22.1 Å². The largest absolute Gasteiger partial charge is 0.445 e. The zero-order valence-electron chi connectivity index (χ0n) is 17.5. The van der Waals surface area contributed by atoms with Crippen LogP contribution in [0.25, 0.3) is 0 Å². The molecule has 156 valence electrons. The number of aryl methyl sites for hydroxylation is 1. The molecule has 0 spiro atoms. The lowest BCUT2D eigenvalue weighted by molar-refractivity contribution is 0.134. The number of benzene rings is 2. The van der Waals surface area contributed by atoms with Crippen molar-refractivity contribution in [3.63, 3.8) is 0 Å². The van der Waals surface area contributed by atoms with Crippen LogP contribution < -0.4 is 5.32 Å². The zero-order chi connectivity index (χ0) is 21.2. The van der Waals surface area contributed by atoms with E-state index < -0.39 is 16.9 Å². The average Bonchev–Trinajstić information content (AvgIpc) is 2.70. The van der Waals surface area contributed by atoms with Crippen LogP contribution in [0.1, 0.15) is 37.8 Å². The molecule has 1 unspecified atom stereocenters. The van der Waals surface area contributed by atoms with Crippen molar-refractivity contribution in [2.75, 3.05) is 0 Å². The molecule has 0 fully saturated rings. The number of allylic oxidation sites excluding steroid dienone is 1. The summed E-state index contributed by atoms with van der Waals surface area (Å²) in [6.07, 6.45) is 2.52. The van der Waals surface area contributed by atoms with Crippen molar-refractivity contribution in [2.45, 2.75) is 56.4 Å². The highest BCUT2D eigenvalue weighted by molar-refractivity contribution is 7.85. The van der Waals surface area contributed by atoms with E-state index in [9.17, 15) is 9.00 Å². The van der Waals surface area contributed by atoms with Crippen molar-refractivity contribution >= 4 is 16.9 Å². The highest BCUT2D eigenvalue weighted by Crippen LogP contribution is 2.22. The van der Waals surface area contributed by atoms with Gasteiger partial charge < -0.3 is 10.1 Å². The second kappa shape index (κ2) is 11.6. The fourth-order valence-electron chi connectivity index (χ4n) is 3.14. The number of rotatable bonds is 10. The summed E-state index contributed by atoms with van der Waals surface area (Å²) in [5.74, 6) is 0.330. The van der Waals surface area contributed by atoms with Crippen LogP contribution in [0.2, 0.25) is 0 Å². The monoisotopic (exact) mass is 413 g/mol. The molecule has 2 rings (SSSR count). The molecule has 2 aromatic carbocycles. The Hall–Kier alpha value is -2.40. The fourth-order valence-corrected chi connectivity index (χ4v) is 4.68. The highest BCUT2D eigenvalue weighted by atomic mass is 32.2. The van der Waals surface area contributed by atoms with E-state index in [1.165, 1.54) is 0 Å². The first-order chi connectivity index (χ1) is 13.9. The van der Waals surface area contributed by atoms with Gasteiger partial charge in [-0.25, -0.2) is 4.79 Å². The SMILES string of the molecule is C=CC[C@H]([C@H](CC(C)C)NC(=O)OCc1ccccc1)S(=O)c1ccc(C)cc1. The minimum atomic E-state index is -1.27. The molecule has 29 heavy (non-hydrogen) atoms. The van der Waals surface area contributed by atoms with Crippen LogP contribution in [0.4, 0.5) is 4.79 Å². The average molecular weight is 414 g/mol. The topological polar surface area (TPSA) is 55.4 Å². The Morgan fingerprint density at radius 3 is 2.38 bits per heavy atom. The summed E-state index contributed by atoms with van der Waals surface area (Å²) in [5.41, 5.74) is 2.04. The number of hydrogen-bond donors (Lipinski definition) is 1. The van der Waals surface area contributed by atoms with Gasteiger partial charge in [-0.1, -0.05) is 68.0 Å². The number of hydrogen-bond acceptors (Lipinski definition) is 3. The maximum atomic E-state index is 13.3. The molecular formula is C24H31NO3S. The molecular weight excluding hydrogens is 382 g/mol. The lowest BCUT2D eigenvalue weighted by Crippen LogP contribution is -2.46. The molecule has 0 saturated heterocycles. The van der Waals surface area contributed by atoms with Gasteiger partial charge in [-0.3, -0.25) is 4.21 Å². The quantitative estimate of drug-likeness (QED) is 0.532. The Morgan fingerprint density at radius 1 is 1.14 bits per heavy atom. The van der Waals surface area contributed by atoms with Crippen LogP contribution in [0, 0.1) is 12.8 Å². The molecule has 0 heterocycles. The second-order valence-electron chi connectivity index (χ2n) is 7.62. The first kappa shape index (κ1) is 22.9. The number of carbonyl (C=O) groups is 1. The Balaban J connectivity index is 2.12. The first-order valence-corrected chi connectivity index (χ1v) is 11.2. The highest BCUT2D eigenvalue weighted by Gasteiger charge is 2.29. The fraction of sp³-hybridized carbons (Fsp3) is 0.375. The van der Waals surface area contributed by atoms with Gasteiger partial charge in [0.15, 0.2) is 0 Å². The molecule has 0 bridgehead atoms. The molecule has 0 saturated carbocycles. The van der Waals surface area contributed by atoms with E-state index in [1.807, 2.05) is 61.5 Å². The van der Waals surface area contributed by atoms with E-state index in [-0.39, 0.29) is 17.9 Å². The zero-order valence-corrected chi connectivity index (χ0v) is 18.3. The molecule has 0 aliphatic rings. The number of alkyl carbamates (subject to hydrolysis) is 1. The molecule has 0 radical (unpaired) electrons. The first-order valence-electron chi connectivity index (χ1n) is 9.96. The minimum absolute atomic E-state index is 0.203. The lowest BCUT2D eigenvalue weighted by atomic mass is 9.99. The third-order valence-electron chi connectivity index (χ3n) is 4.62. The van der Waals surface area contributed by atoms with Crippen molar-refractivity contribution < 1.29 is 13.7 Å². The molecule has 0 aliphatic carbocycles. The summed E-state index contributed by atoms with van der Waals surface area (Å²) < 4.78 is 18.7. The number of ether oxygens (including phenoxy) is 1. The Kier molecular flexibility index (Phi) is 9.13. The maximum Gasteiger partial charge on any atom is 0.407 e. The van der Waals surface area contributed by atoms with Crippen LogP contribution in [-0.4, -0.2) is 21.6 Å². The van der Waals surface area contributed by atoms with Crippen LogP contribution >= 0.6 is 0 Å². The van der Waals surface area contributed by atoms with Gasteiger partial charge in [0.05, 0.1) is 16.0 Å². The molecule has 0 aromatic heterocycles. The molecule has 5 heteroatoms. The van der Waals surface area contributed by atoms with Gasteiger partial charge in [0.2, 0.25) is 0 Å². The normalized spacial score (nSPS) is 14.1. The Morgan fingerprint density at radius 2 is 1.79 bits per heavy atom. The van der Waals surface area contributed by atoms with Crippen molar-refractivity contribution in [3.8, 4) is 0 Å². The number of nitrogens with one attached hydrogen (secondary N) is 1. The van der Waals surface area contributed by atoms with Gasteiger partial charge in [0.25, 0.3) is 0 Å². The maximum absolute atomic E-state index is 13.3. The molecule has 3 atom stereocenters. The summed E-state index contributed by atoms with van der Waals surface area (Å²) in [4.78, 5) is 13.2. The van der Waals surface area contributed by atoms with E-state index in [0.29, 0.717) is 18.8 Å². The summed E-state index contributed by atoms with van der Waals surface area (Å²) in [7, 11) is -1.27. The van der Waals surface area contributed by atoms with E-state index >= 15 is 0 Å². The number of carbonyl (C=O) groups excluding carboxylic acids is 1. The number of amides is 1. The molecule has 0 aliphatic heterocycles. The summed E-state index contributed by atoms with van der Waals surface area (Å²) in [6, 6.07) is 17.0. The second-order valence-corrected chi connectivity index (χ2v) is 9.29. The molecule has 2 aromatic rings. The van der Waals surface area contributed by atoms with Crippen molar-refractivity contribution in [1.29, 1.82) is 0 Å². The van der Waals surface area contributed by atoms with Crippen LogP contribution in [0.15, 0.2) is 72.1 Å². The molecule has 4 nitrogen and oxygen atoms in total.